The van der Waals surface area contributed by atoms with E-state index in [4.69, 9.17) is 10.00 Å². The molecule has 0 saturated carbocycles. The van der Waals surface area contributed by atoms with Crippen molar-refractivity contribution < 1.29 is 9.53 Å². The summed E-state index contributed by atoms with van der Waals surface area (Å²) in [6, 6.07) is 9.38. The van der Waals surface area contributed by atoms with Crippen LogP contribution in [-0.2, 0) is 9.53 Å². The van der Waals surface area contributed by atoms with Crippen LogP contribution in [0.4, 0.5) is 0 Å². The van der Waals surface area contributed by atoms with Crippen molar-refractivity contribution in [3.05, 3.63) is 41.5 Å². The minimum absolute atomic E-state index is 0.192. The third kappa shape index (κ3) is 6.20. The van der Waals surface area contributed by atoms with Gasteiger partial charge in [-0.05, 0) is 44.9 Å². The highest BCUT2D eigenvalue weighted by molar-refractivity contribution is 14.1. The normalized spacial score (nSPS) is 12.9. The molecule has 0 aliphatic carbocycles. The second-order valence-corrected chi connectivity index (χ2v) is 6.88. The summed E-state index contributed by atoms with van der Waals surface area (Å²) in [6.45, 7) is 5.59. The average molecular weight is 383 g/mol. The van der Waals surface area contributed by atoms with Crippen LogP contribution < -0.4 is 0 Å². The topological polar surface area (TPSA) is 50.1 Å². The van der Waals surface area contributed by atoms with Crippen LogP contribution >= 0.6 is 22.6 Å². The van der Waals surface area contributed by atoms with Crippen molar-refractivity contribution in [2.24, 2.45) is 0 Å². The van der Waals surface area contributed by atoms with Gasteiger partial charge in [0, 0.05) is 0 Å². The fraction of sp³-hybridized carbons (Fsp3) is 0.375. The molecule has 1 unspecified atom stereocenters. The summed E-state index contributed by atoms with van der Waals surface area (Å²) < 4.78 is 5.12. The van der Waals surface area contributed by atoms with E-state index in [0.717, 1.165) is 5.56 Å². The summed E-state index contributed by atoms with van der Waals surface area (Å²) in [5, 5.41) is 8.71. The van der Waals surface area contributed by atoms with E-state index in [-0.39, 0.29) is 9.89 Å². The molecule has 4 heteroatoms. The molecule has 0 N–H and O–H groups in total. The van der Waals surface area contributed by atoms with Gasteiger partial charge < -0.3 is 4.74 Å². The summed E-state index contributed by atoms with van der Waals surface area (Å²) in [5.74, 6) is -0.192. The average Bonchev–Trinajstić information content (AvgIpc) is 2.37. The molecule has 0 aromatic heterocycles. The first-order chi connectivity index (χ1) is 9.31. The van der Waals surface area contributed by atoms with E-state index in [0.29, 0.717) is 12.0 Å². The first kappa shape index (κ1) is 16.7. The minimum Gasteiger partial charge on any atom is -0.459 e. The lowest BCUT2D eigenvalue weighted by molar-refractivity contribution is -0.153. The summed E-state index contributed by atoms with van der Waals surface area (Å²) in [5.41, 5.74) is 1.21. The number of carbonyl (C=O) groups is 1. The Balaban J connectivity index is 2.51. The Labute approximate surface area is 133 Å². The quantitative estimate of drug-likeness (QED) is 0.447. The zero-order chi connectivity index (χ0) is 15.2. The number of alkyl halides is 1. The lowest BCUT2D eigenvalue weighted by atomic mass is 10.1. The predicted octanol–water partition coefficient (Wildman–Crippen LogP) is 4.11. The third-order valence-electron chi connectivity index (χ3n) is 2.36. The molecule has 1 aromatic rings. The number of halogens is 1. The minimum atomic E-state index is -0.447. The van der Waals surface area contributed by atoms with Crippen LogP contribution in [-0.4, -0.2) is 15.5 Å². The zero-order valence-corrected chi connectivity index (χ0v) is 14.0. The van der Waals surface area contributed by atoms with Crippen LogP contribution in [0.25, 0.3) is 6.08 Å². The number of benzene rings is 1. The third-order valence-corrected chi connectivity index (χ3v) is 3.37. The molecular formula is C16H18INO2. The van der Waals surface area contributed by atoms with Gasteiger partial charge in [-0.2, -0.15) is 5.26 Å². The Morgan fingerprint density at radius 2 is 2.00 bits per heavy atom. The molecular weight excluding hydrogens is 365 g/mol. The first-order valence-electron chi connectivity index (χ1n) is 6.35. The molecule has 0 amide bonds. The maximum atomic E-state index is 11.8. The smallest absolute Gasteiger partial charge is 0.319 e. The van der Waals surface area contributed by atoms with Crippen molar-refractivity contribution in [1.82, 2.24) is 0 Å². The second kappa shape index (κ2) is 7.44. The lowest BCUT2D eigenvalue weighted by Crippen LogP contribution is -2.28. The van der Waals surface area contributed by atoms with Gasteiger partial charge in [0.25, 0.3) is 0 Å². The van der Waals surface area contributed by atoms with Crippen molar-refractivity contribution in [2.75, 3.05) is 0 Å². The Bertz CT molecular complexity index is 521. The molecule has 0 heterocycles. The molecule has 3 nitrogen and oxygen atoms in total. The number of carbonyl (C=O) groups excluding carboxylic acids is 1. The SMILES string of the molecule is CC(C)(C)OC(=O)C(I)C/C=C/c1ccc(C#N)cc1. The fourth-order valence-corrected chi connectivity index (χ4v) is 1.88. The maximum Gasteiger partial charge on any atom is 0.319 e. The molecule has 1 aromatic carbocycles. The largest absolute Gasteiger partial charge is 0.459 e. The van der Waals surface area contributed by atoms with Crippen LogP contribution in [0.2, 0.25) is 0 Å². The number of nitrogens with zero attached hydrogens (tertiary/aromatic N) is 1. The van der Waals surface area contributed by atoms with Gasteiger partial charge >= 0.3 is 5.97 Å². The number of hydrogen-bond donors (Lipinski definition) is 0. The maximum absolute atomic E-state index is 11.8. The van der Waals surface area contributed by atoms with E-state index in [1.165, 1.54) is 0 Å². The van der Waals surface area contributed by atoms with E-state index >= 15 is 0 Å². The van der Waals surface area contributed by atoms with Gasteiger partial charge in [-0.15, -0.1) is 0 Å². The summed E-state index contributed by atoms with van der Waals surface area (Å²) >= 11 is 2.09. The molecule has 1 rings (SSSR count). The molecule has 20 heavy (non-hydrogen) atoms. The van der Waals surface area contributed by atoms with Gasteiger partial charge in [0.1, 0.15) is 9.53 Å². The second-order valence-electron chi connectivity index (χ2n) is 5.37. The van der Waals surface area contributed by atoms with Crippen molar-refractivity contribution in [2.45, 2.75) is 36.7 Å². The van der Waals surface area contributed by atoms with Crippen molar-refractivity contribution in [3.8, 4) is 6.07 Å². The van der Waals surface area contributed by atoms with Crippen molar-refractivity contribution in [1.29, 1.82) is 5.26 Å². The Kier molecular flexibility index (Phi) is 6.21. The van der Waals surface area contributed by atoms with E-state index in [1.54, 1.807) is 12.1 Å². The molecule has 0 fully saturated rings. The Morgan fingerprint density at radius 3 is 2.50 bits per heavy atom. The predicted molar refractivity (Wildman–Crippen MR) is 88.5 cm³/mol. The van der Waals surface area contributed by atoms with Gasteiger partial charge in [-0.1, -0.05) is 46.9 Å². The monoisotopic (exact) mass is 383 g/mol. The Morgan fingerprint density at radius 1 is 1.40 bits per heavy atom. The van der Waals surface area contributed by atoms with Crippen molar-refractivity contribution >= 4 is 34.6 Å². The standard InChI is InChI=1S/C16H18INO2/c1-16(2,3)20-15(19)14(17)6-4-5-12-7-9-13(11-18)10-8-12/h4-5,7-10,14H,6H2,1-3H3/b5-4+. The van der Waals surface area contributed by atoms with Crippen LogP contribution in [0.5, 0.6) is 0 Å². The molecule has 0 saturated heterocycles. The highest BCUT2D eigenvalue weighted by Crippen LogP contribution is 2.16. The zero-order valence-electron chi connectivity index (χ0n) is 11.9. The van der Waals surface area contributed by atoms with Gasteiger partial charge in [0.15, 0.2) is 0 Å². The van der Waals surface area contributed by atoms with Crippen LogP contribution in [0, 0.1) is 11.3 Å². The van der Waals surface area contributed by atoms with Crippen molar-refractivity contribution in [3.63, 3.8) is 0 Å². The number of allylic oxidation sites excluding steroid dienone is 1. The van der Waals surface area contributed by atoms with Gasteiger partial charge in [0.05, 0.1) is 11.6 Å². The number of ether oxygens (including phenoxy) is 1. The lowest BCUT2D eigenvalue weighted by Gasteiger charge is -2.21. The van der Waals surface area contributed by atoms with Gasteiger partial charge in [-0.3, -0.25) is 4.79 Å². The molecule has 1 atom stereocenters. The molecule has 106 valence electrons. The highest BCUT2D eigenvalue weighted by Gasteiger charge is 2.21. The van der Waals surface area contributed by atoms with Crippen LogP contribution in [0.3, 0.4) is 0 Å². The molecule has 0 spiro atoms. The number of hydrogen-bond acceptors (Lipinski definition) is 3. The molecule has 0 bridgehead atoms. The van der Waals surface area contributed by atoms with Gasteiger partial charge in [0.2, 0.25) is 0 Å². The van der Waals surface area contributed by atoms with E-state index in [2.05, 4.69) is 28.7 Å². The van der Waals surface area contributed by atoms with Crippen LogP contribution in [0.1, 0.15) is 38.3 Å². The summed E-state index contributed by atoms with van der Waals surface area (Å²) in [4.78, 5) is 11.8. The molecule has 0 aliphatic heterocycles. The van der Waals surface area contributed by atoms with Crippen LogP contribution in [0.15, 0.2) is 30.3 Å². The van der Waals surface area contributed by atoms with Gasteiger partial charge in [-0.25, -0.2) is 0 Å². The molecule has 0 radical (unpaired) electrons. The first-order valence-corrected chi connectivity index (χ1v) is 7.60. The number of rotatable bonds is 4. The number of nitriles is 1. The molecule has 0 aliphatic rings. The van der Waals surface area contributed by atoms with E-state index in [9.17, 15) is 4.79 Å². The van der Waals surface area contributed by atoms with E-state index in [1.807, 2.05) is 45.1 Å². The highest BCUT2D eigenvalue weighted by atomic mass is 127. The number of esters is 1. The summed E-state index contributed by atoms with van der Waals surface area (Å²) in [7, 11) is 0. The summed E-state index contributed by atoms with van der Waals surface area (Å²) in [6.07, 6.45) is 4.51. The Hall–Kier alpha value is -1.35. The fourth-order valence-electron chi connectivity index (χ4n) is 1.45. The van der Waals surface area contributed by atoms with E-state index < -0.39 is 5.60 Å².